The number of nitrogens with one attached hydrogen (secondary N) is 2. The summed E-state index contributed by atoms with van der Waals surface area (Å²) in [4.78, 5) is 11.8. The molecule has 0 bridgehead atoms. The molecule has 1 aromatic carbocycles. The minimum Gasteiger partial charge on any atom is -0.493 e. The predicted octanol–water partition coefficient (Wildman–Crippen LogP) is 1.61. The molecule has 2 heterocycles. The van der Waals surface area contributed by atoms with Crippen LogP contribution in [0.25, 0.3) is 0 Å². The molecule has 1 fully saturated rings. The Bertz CT molecular complexity index is 500. The molecule has 1 saturated heterocycles. The minimum atomic E-state index is 0.123. The maximum atomic E-state index is 11.8. The third-order valence-corrected chi connectivity index (χ3v) is 4.10. The molecule has 0 saturated carbocycles. The molecule has 1 amide bonds. The van der Waals surface area contributed by atoms with E-state index in [0.717, 1.165) is 41.9 Å². The summed E-state index contributed by atoms with van der Waals surface area (Å²) >= 11 is 3.51. The molecule has 0 aromatic heterocycles. The van der Waals surface area contributed by atoms with Crippen LogP contribution in [-0.2, 0) is 17.8 Å². The lowest BCUT2D eigenvalue weighted by molar-refractivity contribution is -0.122. The lowest BCUT2D eigenvalue weighted by Crippen LogP contribution is -2.44. The minimum absolute atomic E-state index is 0.123. The van der Waals surface area contributed by atoms with Gasteiger partial charge in [-0.1, -0.05) is 15.9 Å². The highest BCUT2D eigenvalue weighted by molar-refractivity contribution is 9.10. The van der Waals surface area contributed by atoms with Gasteiger partial charge in [-0.25, -0.2) is 0 Å². The number of hydrogen-bond acceptors (Lipinski definition) is 3. The van der Waals surface area contributed by atoms with E-state index in [9.17, 15) is 4.79 Å². The van der Waals surface area contributed by atoms with Crippen LogP contribution in [0.15, 0.2) is 16.6 Å². The van der Waals surface area contributed by atoms with Gasteiger partial charge in [0, 0.05) is 29.4 Å². The Balaban J connectivity index is 1.61. The van der Waals surface area contributed by atoms with Crippen molar-refractivity contribution in [1.29, 1.82) is 0 Å². The second-order valence-corrected chi connectivity index (χ2v) is 6.07. The van der Waals surface area contributed by atoms with Crippen molar-refractivity contribution in [3.63, 3.8) is 0 Å². The number of hydrogen-bond donors (Lipinski definition) is 2. The lowest BCUT2D eigenvalue weighted by atomic mass is 9.99. The maximum absolute atomic E-state index is 11.8. The van der Waals surface area contributed by atoms with E-state index < -0.39 is 0 Å². The number of amides is 1. The first kappa shape index (κ1) is 12.9. The van der Waals surface area contributed by atoms with Gasteiger partial charge in [0.1, 0.15) is 5.75 Å². The molecule has 19 heavy (non-hydrogen) atoms. The quantitative estimate of drug-likeness (QED) is 0.884. The summed E-state index contributed by atoms with van der Waals surface area (Å²) in [5.74, 6) is 1.58. The number of fused-ring (bicyclic) bond motifs is 1. The zero-order chi connectivity index (χ0) is 13.2. The molecule has 0 atom stereocenters. The van der Waals surface area contributed by atoms with Crippen molar-refractivity contribution in [2.24, 2.45) is 5.92 Å². The van der Waals surface area contributed by atoms with Crippen molar-refractivity contribution in [3.05, 3.63) is 27.7 Å². The average molecular weight is 325 g/mol. The molecule has 0 unspecified atom stereocenters. The van der Waals surface area contributed by atoms with E-state index in [1.807, 2.05) is 6.07 Å². The standard InChI is InChI=1S/C14H17BrN2O2/c15-12-4-10-1-2-19-14(10)11(5-12)8-17-13(18)3-9-6-16-7-9/h4-5,9,16H,1-3,6-8H2,(H,17,18). The molecule has 0 radical (unpaired) electrons. The predicted molar refractivity (Wildman–Crippen MR) is 76.2 cm³/mol. The van der Waals surface area contributed by atoms with Crippen LogP contribution in [0.3, 0.4) is 0 Å². The average Bonchev–Trinajstić information content (AvgIpc) is 2.78. The highest BCUT2D eigenvalue weighted by atomic mass is 79.9. The van der Waals surface area contributed by atoms with E-state index in [1.165, 1.54) is 5.56 Å². The molecular formula is C14H17BrN2O2. The Morgan fingerprint density at radius 1 is 1.47 bits per heavy atom. The zero-order valence-corrected chi connectivity index (χ0v) is 12.3. The molecule has 0 aliphatic carbocycles. The van der Waals surface area contributed by atoms with Crippen molar-refractivity contribution in [2.75, 3.05) is 19.7 Å². The third kappa shape index (κ3) is 2.92. The number of benzene rings is 1. The largest absolute Gasteiger partial charge is 0.493 e. The van der Waals surface area contributed by atoms with Crippen LogP contribution in [-0.4, -0.2) is 25.6 Å². The Morgan fingerprint density at radius 2 is 2.32 bits per heavy atom. The SMILES string of the molecule is O=C(CC1CNC1)NCc1cc(Br)cc2c1OCC2. The van der Waals surface area contributed by atoms with E-state index in [2.05, 4.69) is 32.6 Å². The van der Waals surface area contributed by atoms with Crippen LogP contribution in [0.2, 0.25) is 0 Å². The topological polar surface area (TPSA) is 50.4 Å². The maximum Gasteiger partial charge on any atom is 0.220 e. The zero-order valence-electron chi connectivity index (χ0n) is 10.7. The van der Waals surface area contributed by atoms with E-state index in [1.54, 1.807) is 0 Å². The van der Waals surface area contributed by atoms with Gasteiger partial charge in [-0.3, -0.25) is 4.79 Å². The molecular weight excluding hydrogens is 308 g/mol. The van der Waals surface area contributed by atoms with Crippen LogP contribution in [0, 0.1) is 5.92 Å². The Labute approximate surface area is 121 Å². The summed E-state index contributed by atoms with van der Waals surface area (Å²) in [6.07, 6.45) is 1.56. The van der Waals surface area contributed by atoms with Crippen molar-refractivity contribution < 1.29 is 9.53 Å². The highest BCUT2D eigenvalue weighted by Gasteiger charge is 2.21. The van der Waals surface area contributed by atoms with Crippen molar-refractivity contribution in [1.82, 2.24) is 10.6 Å². The Kier molecular flexibility index (Phi) is 3.75. The first-order valence-electron chi connectivity index (χ1n) is 6.64. The molecule has 5 heteroatoms. The number of halogens is 1. The van der Waals surface area contributed by atoms with Crippen LogP contribution >= 0.6 is 15.9 Å². The summed E-state index contributed by atoms with van der Waals surface area (Å²) in [5.41, 5.74) is 2.28. The third-order valence-electron chi connectivity index (χ3n) is 3.64. The smallest absolute Gasteiger partial charge is 0.220 e. The molecule has 4 nitrogen and oxygen atoms in total. The van der Waals surface area contributed by atoms with Gasteiger partial charge < -0.3 is 15.4 Å². The molecule has 0 spiro atoms. The molecule has 2 N–H and O–H groups in total. The second-order valence-electron chi connectivity index (χ2n) is 5.16. The van der Waals surface area contributed by atoms with E-state index in [0.29, 0.717) is 18.9 Å². The monoisotopic (exact) mass is 324 g/mol. The normalized spacial score (nSPS) is 17.5. The fourth-order valence-corrected chi connectivity index (χ4v) is 3.05. The van der Waals surface area contributed by atoms with Crippen LogP contribution < -0.4 is 15.4 Å². The first-order valence-corrected chi connectivity index (χ1v) is 7.43. The molecule has 2 aliphatic heterocycles. The summed E-state index contributed by atoms with van der Waals surface area (Å²) in [6.45, 7) is 3.20. The van der Waals surface area contributed by atoms with Crippen molar-refractivity contribution in [3.8, 4) is 5.75 Å². The number of ether oxygens (including phenoxy) is 1. The van der Waals surface area contributed by atoms with Gasteiger partial charge in [0.25, 0.3) is 0 Å². The van der Waals surface area contributed by atoms with E-state index >= 15 is 0 Å². The first-order chi connectivity index (χ1) is 9.22. The van der Waals surface area contributed by atoms with Gasteiger partial charge in [0.2, 0.25) is 5.91 Å². The molecule has 1 aromatic rings. The van der Waals surface area contributed by atoms with Crippen molar-refractivity contribution in [2.45, 2.75) is 19.4 Å². The van der Waals surface area contributed by atoms with Gasteiger partial charge in [-0.2, -0.15) is 0 Å². The number of carbonyl (C=O) groups excluding carboxylic acids is 1. The lowest BCUT2D eigenvalue weighted by Gasteiger charge is -2.26. The van der Waals surface area contributed by atoms with Gasteiger partial charge in [0.15, 0.2) is 0 Å². The van der Waals surface area contributed by atoms with Crippen LogP contribution in [0.1, 0.15) is 17.5 Å². The van der Waals surface area contributed by atoms with Gasteiger partial charge in [0.05, 0.1) is 6.61 Å². The van der Waals surface area contributed by atoms with Gasteiger partial charge in [-0.15, -0.1) is 0 Å². The van der Waals surface area contributed by atoms with Crippen molar-refractivity contribution >= 4 is 21.8 Å². The van der Waals surface area contributed by atoms with E-state index in [4.69, 9.17) is 4.74 Å². The summed E-state index contributed by atoms with van der Waals surface area (Å²) in [7, 11) is 0. The molecule has 3 rings (SSSR count). The molecule has 2 aliphatic rings. The Morgan fingerprint density at radius 3 is 3.05 bits per heavy atom. The number of carbonyl (C=O) groups is 1. The fourth-order valence-electron chi connectivity index (χ4n) is 2.50. The molecule has 102 valence electrons. The number of rotatable bonds is 4. The van der Waals surface area contributed by atoms with Gasteiger partial charge >= 0.3 is 0 Å². The summed E-state index contributed by atoms with van der Waals surface area (Å²) in [6, 6.07) is 4.11. The van der Waals surface area contributed by atoms with E-state index in [-0.39, 0.29) is 5.91 Å². The van der Waals surface area contributed by atoms with Crippen LogP contribution in [0.5, 0.6) is 5.75 Å². The second kappa shape index (κ2) is 5.51. The van der Waals surface area contributed by atoms with Crippen LogP contribution in [0.4, 0.5) is 0 Å². The summed E-state index contributed by atoms with van der Waals surface area (Å²) < 4.78 is 6.69. The van der Waals surface area contributed by atoms with Gasteiger partial charge in [-0.05, 0) is 36.7 Å². The Hall–Kier alpha value is -1.07. The highest BCUT2D eigenvalue weighted by Crippen LogP contribution is 2.32. The summed E-state index contributed by atoms with van der Waals surface area (Å²) in [5, 5.41) is 6.16. The fraction of sp³-hybridized carbons (Fsp3) is 0.500.